The standard InChI is InChI=1S/C27H26N2O4S/c30-24-12-10-20(11-13-24)21-14-17-28(18-15-21)27(31)23-6-3-8-25(19-23)34(32,33)29-16-4-7-22-5-1-2-9-26(22)29/h1-3,5-6,8-14,19,30H,4,7,15-18H2. The Morgan fingerprint density at radius 2 is 1.68 bits per heavy atom. The Hall–Kier alpha value is -3.58. The first-order chi connectivity index (χ1) is 16.4. The quantitative estimate of drug-likeness (QED) is 0.606. The number of carbonyl (C=O) groups is 1. The Bertz CT molecular complexity index is 1360. The summed E-state index contributed by atoms with van der Waals surface area (Å²) >= 11 is 0. The van der Waals surface area contributed by atoms with E-state index in [1.165, 1.54) is 10.4 Å². The second kappa shape index (κ2) is 8.99. The van der Waals surface area contributed by atoms with Crippen LogP contribution in [0, 0.1) is 0 Å². The highest BCUT2D eigenvalue weighted by Crippen LogP contribution is 2.32. The minimum atomic E-state index is -3.78. The van der Waals surface area contributed by atoms with E-state index in [4.69, 9.17) is 0 Å². The number of nitrogens with zero attached hydrogens (tertiary/aromatic N) is 2. The van der Waals surface area contributed by atoms with Crippen molar-refractivity contribution < 1.29 is 18.3 Å². The minimum absolute atomic E-state index is 0.132. The molecule has 3 aromatic rings. The summed E-state index contributed by atoms with van der Waals surface area (Å²) in [7, 11) is -3.78. The highest BCUT2D eigenvalue weighted by atomic mass is 32.2. The van der Waals surface area contributed by atoms with Gasteiger partial charge in [-0.05, 0) is 72.4 Å². The van der Waals surface area contributed by atoms with Crippen LogP contribution in [0.5, 0.6) is 5.75 Å². The molecule has 3 aromatic carbocycles. The third-order valence-corrected chi connectivity index (χ3v) is 8.28. The molecule has 174 valence electrons. The van der Waals surface area contributed by atoms with E-state index in [0.717, 1.165) is 29.5 Å². The monoisotopic (exact) mass is 474 g/mol. The largest absolute Gasteiger partial charge is 0.508 e. The van der Waals surface area contributed by atoms with Gasteiger partial charge in [-0.2, -0.15) is 0 Å². The average Bonchev–Trinajstić information content (AvgIpc) is 2.88. The van der Waals surface area contributed by atoms with E-state index in [-0.39, 0.29) is 16.6 Å². The molecule has 0 saturated heterocycles. The summed E-state index contributed by atoms with van der Waals surface area (Å²) in [5.74, 6) is 0.0388. The van der Waals surface area contributed by atoms with Crippen LogP contribution in [0.25, 0.3) is 5.57 Å². The Kier molecular flexibility index (Phi) is 5.87. The number of rotatable bonds is 4. The number of aromatic hydroxyl groups is 1. The summed E-state index contributed by atoms with van der Waals surface area (Å²) in [6.07, 6.45) is 4.33. The first-order valence-corrected chi connectivity index (χ1v) is 12.9. The topological polar surface area (TPSA) is 77.9 Å². The van der Waals surface area contributed by atoms with Crippen LogP contribution in [0.15, 0.2) is 83.8 Å². The van der Waals surface area contributed by atoms with Crippen molar-refractivity contribution >= 4 is 27.2 Å². The number of amides is 1. The maximum absolute atomic E-state index is 13.5. The molecule has 0 atom stereocenters. The van der Waals surface area contributed by atoms with Gasteiger partial charge in [0.1, 0.15) is 5.75 Å². The zero-order valence-corrected chi connectivity index (χ0v) is 19.5. The predicted octanol–water partition coefficient (Wildman–Crippen LogP) is 4.46. The predicted molar refractivity (Wildman–Crippen MR) is 132 cm³/mol. The molecule has 1 N–H and O–H groups in total. The third kappa shape index (κ3) is 4.19. The van der Waals surface area contributed by atoms with E-state index in [1.807, 2.05) is 42.5 Å². The number of carbonyl (C=O) groups excluding carboxylic acids is 1. The maximum Gasteiger partial charge on any atom is 0.264 e. The molecule has 0 fully saturated rings. The van der Waals surface area contributed by atoms with Crippen molar-refractivity contribution in [3.63, 3.8) is 0 Å². The third-order valence-electron chi connectivity index (χ3n) is 6.47. The number of anilines is 1. The van der Waals surface area contributed by atoms with Crippen molar-refractivity contribution in [1.82, 2.24) is 4.90 Å². The van der Waals surface area contributed by atoms with E-state index in [2.05, 4.69) is 0 Å². The number of phenolic OH excluding ortho intramolecular Hbond substituents is 1. The summed E-state index contributed by atoms with van der Waals surface area (Å²) in [5, 5.41) is 9.49. The number of para-hydroxylation sites is 1. The van der Waals surface area contributed by atoms with E-state index in [9.17, 15) is 18.3 Å². The molecular weight excluding hydrogens is 448 g/mol. The van der Waals surface area contributed by atoms with Crippen LogP contribution in [0.1, 0.15) is 34.3 Å². The van der Waals surface area contributed by atoms with Gasteiger partial charge in [-0.1, -0.05) is 42.5 Å². The number of fused-ring (bicyclic) bond motifs is 1. The van der Waals surface area contributed by atoms with Gasteiger partial charge in [-0.15, -0.1) is 0 Å². The molecular formula is C27H26N2O4S. The van der Waals surface area contributed by atoms with Crippen molar-refractivity contribution in [2.75, 3.05) is 23.9 Å². The van der Waals surface area contributed by atoms with Crippen molar-refractivity contribution in [3.05, 3.63) is 95.6 Å². The number of benzene rings is 3. The van der Waals surface area contributed by atoms with E-state index in [0.29, 0.717) is 37.3 Å². The number of aryl methyl sites for hydroxylation is 1. The molecule has 2 heterocycles. The van der Waals surface area contributed by atoms with E-state index >= 15 is 0 Å². The number of hydrogen-bond acceptors (Lipinski definition) is 4. The second-order valence-corrected chi connectivity index (χ2v) is 10.5. The van der Waals surface area contributed by atoms with Crippen molar-refractivity contribution in [2.45, 2.75) is 24.2 Å². The van der Waals surface area contributed by atoms with Crippen LogP contribution >= 0.6 is 0 Å². The van der Waals surface area contributed by atoms with Crippen LogP contribution in [0.3, 0.4) is 0 Å². The van der Waals surface area contributed by atoms with Crippen LogP contribution in [0.4, 0.5) is 5.69 Å². The number of phenols is 1. The molecule has 0 aromatic heterocycles. The lowest BCUT2D eigenvalue weighted by Gasteiger charge is -2.30. The summed E-state index contributed by atoms with van der Waals surface area (Å²) in [6, 6.07) is 21.0. The molecule has 2 aliphatic rings. The SMILES string of the molecule is O=C(c1cccc(S(=O)(=O)N2CCCc3ccccc32)c1)N1CC=C(c2ccc(O)cc2)CC1. The summed E-state index contributed by atoms with van der Waals surface area (Å²) in [5.41, 5.74) is 4.26. The zero-order valence-electron chi connectivity index (χ0n) is 18.7. The molecule has 0 bridgehead atoms. The molecule has 0 aliphatic carbocycles. The molecule has 0 unspecified atom stereocenters. The maximum atomic E-state index is 13.5. The summed E-state index contributed by atoms with van der Waals surface area (Å²) in [6.45, 7) is 1.42. The second-order valence-electron chi connectivity index (χ2n) is 8.61. The zero-order chi connectivity index (χ0) is 23.7. The van der Waals surface area contributed by atoms with Crippen LogP contribution in [-0.2, 0) is 16.4 Å². The average molecular weight is 475 g/mol. The van der Waals surface area contributed by atoms with Crippen LogP contribution in [0.2, 0.25) is 0 Å². The van der Waals surface area contributed by atoms with Gasteiger partial charge in [0.25, 0.3) is 15.9 Å². The normalized spacial score (nSPS) is 16.1. The number of hydrogen-bond donors (Lipinski definition) is 1. The van der Waals surface area contributed by atoms with Gasteiger partial charge in [-0.3, -0.25) is 9.10 Å². The molecule has 0 spiro atoms. The van der Waals surface area contributed by atoms with Gasteiger partial charge in [-0.25, -0.2) is 8.42 Å². The van der Waals surface area contributed by atoms with Gasteiger partial charge in [0, 0.05) is 25.2 Å². The first kappa shape index (κ1) is 22.2. The molecule has 6 nitrogen and oxygen atoms in total. The molecule has 0 saturated carbocycles. The molecule has 0 radical (unpaired) electrons. The van der Waals surface area contributed by atoms with Gasteiger partial charge >= 0.3 is 0 Å². The fourth-order valence-electron chi connectivity index (χ4n) is 4.64. The Balaban J connectivity index is 1.36. The minimum Gasteiger partial charge on any atom is -0.508 e. The smallest absolute Gasteiger partial charge is 0.264 e. The highest BCUT2D eigenvalue weighted by Gasteiger charge is 2.30. The molecule has 7 heteroatoms. The van der Waals surface area contributed by atoms with E-state index in [1.54, 1.807) is 35.2 Å². The molecule has 5 rings (SSSR count). The van der Waals surface area contributed by atoms with Gasteiger partial charge in [0.05, 0.1) is 10.6 Å². The van der Waals surface area contributed by atoms with Gasteiger partial charge < -0.3 is 10.0 Å². The lowest BCUT2D eigenvalue weighted by atomic mass is 9.99. The molecule has 34 heavy (non-hydrogen) atoms. The van der Waals surface area contributed by atoms with E-state index < -0.39 is 10.0 Å². The Labute approximate surface area is 199 Å². The van der Waals surface area contributed by atoms with Crippen molar-refractivity contribution in [2.24, 2.45) is 0 Å². The Morgan fingerprint density at radius 3 is 2.44 bits per heavy atom. The summed E-state index contributed by atoms with van der Waals surface area (Å²) in [4.78, 5) is 15.1. The van der Waals surface area contributed by atoms with Crippen LogP contribution in [-0.4, -0.2) is 44.0 Å². The summed E-state index contributed by atoms with van der Waals surface area (Å²) < 4.78 is 28.5. The van der Waals surface area contributed by atoms with Crippen molar-refractivity contribution in [3.8, 4) is 5.75 Å². The highest BCUT2D eigenvalue weighted by molar-refractivity contribution is 7.92. The van der Waals surface area contributed by atoms with Crippen LogP contribution < -0.4 is 4.31 Å². The van der Waals surface area contributed by atoms with Gasteiger partial charge in [0.2, 0.25) is 0 Å². The lowest BCUT2D eigenvalue weighted by molar-refractivity contribution is 0.0772. The van der Waals surface area contributed by atoms with Gasteiger partial charge in [0.15, 0.2) is 0 Å². The molecule has 2 aliphatic heterocycles. The lowest BCUT2D eigenvalue weighted by Crippen LogP contribution is -2.36. The molecule has 1 amide bonds. The van der Waals surface area contributed by atoms with Crippen molar-refractivity contribution in [1.29, 1.82) is 0 Å². The fourth-order valence-corrected chi connectivity index (χ4v) is 6.23. The fraction of sp³-hybridized carbons (Fsp3) is 0.222. The number of sulfonamides is 1. The first-order valence-electron chi connectivity index (χ1n) is 11.4. The Morgan fingerprint density at radius 1 is 0.882 bits per heavy atom.